The third-order valence-electron chi connectivity index (χ3n) is 3.18. The van der Waals surface area contributed by atoms with E-state index in [2.05, 4.69) is 45.3 Å². The number of hydrogen-bond donors (Lipinski definition) is 2. The second kappa shape index (κ2) is 7.61. The lowest BCUT2D eigenvalue weighted by Gasteiger charge is -2.36. The smallest absolute Gasteiger partial charge is 0.230 e. The van der Waals surface area contributed by atoms with Gasteiger partial charge in [-0.25, -0.2) is 0 Å². The standard InChI is InChI=1S/C13H26N2OS.ClH/c1-9-6-7-14-10(2)12(9)15-11(16)8-17-13(3,4)5;/h9-10,12,14H,6-8H2,1-5H3,(H,15,16);1H. The molecule has 18 heavy (non-hydrogen) atoms. The normalized spacial score (nSPS) is 28.4. The van der Waals surface area contributed by atoms with Gasteiger partial charge in [0.25, 0.3) is 0 Å². The molecule has 3 unspecified atom stereocenters. The minimum atomic E-state index is 0. The average Bonchev–Trinajstić information content (AvgIpc) is 2.20. The molecule has 0 saturated carbocycles. The monoisotopic (exact) mass is 294 g/mol. The molecule has 1 aliphatic rings. The first-order chi connectivity index (χ1) is 7.79. The second-order valence-corrected chi connectivity index (χ2v) is 7.81. The molecule has 0 bridgehead atoms. The molecular formula is C13H27ClN2OS. The average molecular weight is 295 g/mol. The van der Waals surface area contributed by atoms with Gasteiger partial charge >= 0.3 is 0 Å². The Kier molecular flexibility index (Phi) is 7.64. The third-order valence-corrected chi connectivity index (χ3v) is 4.45. The first kappa shape index (κ1) is 18.1. The molecule has 5 heteroatoms. The van der Waals surface area contributed by atoms with Crippen LogP contribution in [0, 0.1) is 5.92 Å². The van der Waals surface area contributed by atoms with Crippen LogP contribution in [0.5, 0.6) is 0 Å². The molecule has 1 saturated heterocycles. The summed E-state index contributed by atoms with van der Waals surface area (Å²) in [6, 6.07) is 0.652. The number of amides is 1. The van der Waals surface area contributed by atoms with Crippen molar-refractivity contribution in [1.29, 1.82) is 0 Å². The van der Waals surface area contributed by atoms with Crippen molar-refractivity contribution < 1.29 is 4.79 Å². The van der Waals surface area contributed by atoms with E-state index >= 15 is 0 Å². The molecule has 1 fully saturated rings. The van der Waals surface area contributed by atoms with E-state index in [9.17, 15) is 4.79 Å². The topological polar surface area (TPSA) is 41.1 Å². The number of thioether (sulfide) groups is 1. The highest BCUT2D eigenvalue weighted by Gasteiger charge is 2.28. The van der Waals surface area contributed by atoms with Crippen molar-refractivity contribution >= 4 is 30.1 Å². The number of nitrogens with one attached hydrogen (secondary N) is 2. The summed E-state index contributed by atoms with van der Waals surface area (Å²) in [7, 11) is 0. The molecule has 108 valence electrons. The zero-order valence-electron chi connectivity index (χ0n) is 12.1. The molecule has 0 aromatic carbocycles. The summed E-state index contributed by atoms with van der Waals surface area (Å²) >= 11 is 1.70. The van der Waals surface area contributed by atoms with Crippen LogP contribution in [0.4, 0.5) is 0 Å². The van der Waals surface area contributed by atoms with Gasteiger partial charge in [0.1, 0.15) is 0 Å². The summed E-state index contributed by atoms with van der Waals surface area (Å²) in [5, 5.41) is 6.59. The van der Waals surface area contributed by atoms with E-state index in [1.165, 1.54) is 0 Å². The molecule has 1 amide bonds. The molecule has 1 aliphatic heterocycles. The summed E-state index contributed by atoms with van der Waals surface area (Å²) in [6.07, 6.45) is 1.14. The lowest BCUT2D eigenvalue weighted by atomic mass is 9.89. The summed E-state index contributed by atoms with van der Waals surface area (Å²) in [6.45, 7) is 11.8. The van der Waals surface area contributed by atoms with Crippen molar-refractivity contribution in [1.82, 2.24) is 10.6 Å². The Bertz CT molecular complexity index is 258. The SMILES string of the molecule is CC1CCNC(C)C1NC(=O)CSC(C)(C)C.Cl. The second-order valence-electron chi connectivity index (χ2n) is 6.00. The number of carbonyl (C=O) groups is 1. The van der Waals surface area contributed by atoms with Gasteiger partial charge in [-0.3, -0.25) is 4.79 Å². The van der Waals surface area contributed by atoms with Crippen LogP contribution in [-0.2, 0) is 4.79 Å². The van der Waals surface area contributed by atoms with Gasteiger partial charge in [0.2, 0.25) is 5.91 Å². The van der Waals surface area contributed by atoms with Crippen LogP contribution in [0.1, 0.15) is 41.0 Å². The lowest BCUT2D eigenvalue weighted by Crippen LogP contribution is -2.56. The maximum absolute atomic E-state index is 11.9. The maximum Gasteiger partial charge on any atom is 0.230 e. The molecular weight excluding hydrogens is 268 g/mol. The van der Waals surface area contributed by atoms with E-state index in [1.54, 1.807) is 11.8 Å². The fraction of sp³-hybridized carbons (Fsp3) is 0.923. The minimum Gasteiger partial charge on any atom is -0.351 e. The van der Waals surface area contributed by atoms with Crippen molar-refractivity contribution in [2.45, 2.75) is 57.9 Å². The van der Waals surface area contributed by atoms with Gasteiger partial charge in [-0.15, -0.1) is 24.2 Å². The van der Waals surface area contributed by atoms with Crippen LogP contribution < -0.4 is 10.6 Å². The number of carbonyl (C=O) groups excluding carboxylic acids is 1. The molecule has 0 spiro atoms. The molecule has 3 atom stereocenters. The predicted octanol–water partition coefficient (Wildman–Crippen LogP) is 2.44. The van der Waals surface area contributed by atoms with E-state index in [1.807, 2.05) is 0 Å². The van der Waals surface area contributed by atoms with Gasteiger partial charge in [0.15, 0.2) is 0 Å². The van der Waals surface area contributed by atoms with Crippen LogP contribution in [0.15, 0.2) is 0 Å². The first-order valence-corrected chi connectivity index (χ1v) is 7.45. The highest BCUT2D eigenvalue weighted by atomic mass is 35.5. The minimum absolute atomic E-state index is 0. The van der Waals surface area contributed by atoms with Crippen molar-refractivity contribution in [3.8, 4) is 0 Å². The first-order valence-electron chi connectivity index (χ1n) is 6.46. The Hall–Kier alpha value is 0.0700. The molecule has 1 rings (SSSR count). The Morgan fingerprint density at radius 1 is 1.39 bits per heavy atom. The summed E-state index contributed by atoms with van der Waals surface area (Å²) in [5.74, 6) is 1.28. The van der Waals surface area contributed by atoms with Gasteiger partial charge in [-0.1, -0.05) is 27.7 Å². The fourth-order valence-electron chi connectivity index (χ4n) is 2.11. The van der Waals surface area contributed by atoms with Crippen molar-refractivity contribution in [2.75, 3.05) is 12.3 Å². The molecule has 2 N–H and O–H groups in total. The molecule has 0 aromatic heterocycles. The van der Waals surface area contributed by atoms with Crippen LogP contribution in [0.25, 0.3) is 0 Å². The quantitative estimate of drug-likeness (QED) is 0.840. The summed E-state index contributed by atoms with van der Waals surface area (Å²) in [5.41, 5.74) is 0. The highest BCUT2D eigenvalue weighted by Crippen LogP contribution is 2.23. The number of rotatable bonds is 3. The van der Waals surface area contributed by atoms with Crippen molar-refractivity contribution in [3.05, 3.63) is 0 Å². The molecule has 0 radical (unpaired) electrons. The summed E-state index contributed by atoms with van der Waals surface area (Å²) in [4.78, 5) is 11.9. The molecule has 1 heterocycles. The molecule has 0 aliphatic carbocycles. The van der Waals surface area contributed by atoms with Crippen molar-refractivity contribution in [2.24, 2.45) is 5.92 Å². The molecule has 0 aromatic rings. The van der Waals surface area contributed by atoms with E-state index in [0.717, 1.165) is 13.0 Å². The fourth-order valence-corrected chi connectivity index (χ4v) is 2.76. The van der Waals surface area contributed by atoms with Crippen LogP contribution in [0.3, 0.4) is 0 Å². The van der Waals surface area contributed by atoms with Gasteiger partial charge in [0, 0.05) is 16.8 Å². The van der Waals surface area contributed by atoms with E-state index in [0.29, 0.717) is 17.7 Å². The predicted molar refractivity (Wildman–Crippen MR) is 82.6 cm³/mol. The van der Waals surface area contributed by atoms with Gasteiger partial charge in [-0.05, 0) is 25.8 Å². The Balaban J connectivity index is 0.00000289. The van der Waals surface area contributed by atoms with Gasteiger partial charge in [-0.2, -0.15) is 0 Å². The van der Waals surface area contributed by atoms with Crippen LogP contribution >= 0.6 is 24.2 Å². The largest absolute Gasteiger partial charge is 0.351 e. The third kappa shape index (κ3) is 6.30. The van der Waals surface area contributed by atoms with Crippen LogP contribution in [0.2, 0.25) is 0 Å². The van der Waals surface area contributed by atoms with Gasteiger partial charge < -0.3 is 10.6 Å². The van der Waals surface area contributed by atoms with Crippen molar-refractivity contribution in [3.63, 3.8) is 0 Å². The number of hydrogen-bond acceptors (Lipinski definition) is 3. The Labute approximate surface area is 122 Å². The van der Waals surface area contributed by atoms with E-state index < -0.39 is 0 Å². The van der Waals surface area contributed by atoms with E-state index in [4.69, 9.17) is 0 Å². The number of halogens is 1. The highest BCUT2D eigenvalue weighted by molar-refractivity contribution is 8.01. The lowest BCUT2D eigenvalue weighted by molar-refractivity contribution is -0.120. The summed E-state index contributed by atoms with van der Waals surface area (Å²) < 4.78 is 0.152. The molecule has 3 nitrogen and oxygen atoms in total. The van der Waals surface area contributed by atoms with Crippen LogP contribution in [-0.4, -0.2) is 35.0 Å². The zero-order chi connectivity index (χ0) is 13.1. The Morgan fingerprint density at radius 2 is 2.00 bits per heavy atom. The van der Waals surface area contributed by atoms with E-state index in [-0.39, 0.29) is 29.1 Å². The van der Waals surface area contributed by atoms with Gasteiger partial charge in [0.05, 0.1) is 5.75 Å². The number of piperidine rings is 1. The zero-order valence-corrected chi connectivity index (χ0v) is 13.7. The maximum atomic E-state index is 11.9. The Morgan fingerprint density at radius 3 is 2.50 bits per heavy atom.